The van der Waals surface area contributed by atoms with Gasteiger partial charge in [-0.2, -0.15) is 0 Å². The first kappa shape index (κ1) is 20.7. The second-order valence-corrected chi connectivity index (χ2v) is 6.85. The molecule has 0 saturated heterocycles. The summed E-state index contributed by atoms with van der Waals surface area (Å²) in [4.78, 5) is 27.8. The van der Waals surface area contributed by atoms with Crippen LogP contribution >= 0.6 is 0 Å². The third-order valence-corrected chi connectivity index (χ3v) is 4.78. The molecule has 1 saturated carbocycles. The number of benzene rings is 1. The highest BCUT2D eigenvalue weighted by molar-refractivity contribution is 5.76. The number of guanidine groups is 1. The minimum absolute atomic E-state index is 0.0797. The first-order valence-corrected chi connectivity index (χ1v) is 9.49. The van der Waals surface area contributed by atoms with Crippen LogP contribution in [-0.2, 0) is 20.7 Å². The minimum atomic E-state index is -0.205. The van der Waals surface area contributed by atoms with Gasteiger partial charge in [0.2, 0.25) is 0 Å². The summed E-state index contributed by atoms with van der Waals surface area (Å²) in [6.07, 6.45) is 4.37. The molecule has 1 fully saturated rings. The molecule has 1 aliphatic rings. The highest BCUT2D eigenvalue weighted by Crippen LogP contribution is 2.30. The Morgan fingerprint density at radius 1 is 1.11 bits per heavy atom. The van der Waals surface area contributed by atoms with Gasteiger partial charge >= 0.3 is 11.9 Å². The van der Waals surface area contributed by atoms with Gasteiger partial charge in [0, 0.05) is 13.0 Å². The predicted octanol–water partition coefficient (Wildman–Crippen LogP) is 2.17. The molecule has 0 heterocycles. The summed E-state index contributed by atoms with van der Waals surface area (Å²) in [6.45, 7) is 2.80. The van der Waals surface area contributed by atoms with Crippen LogP contribution in [0.4, 0.5) is 0 Å². The van der Waals surface area contributed by atoms with Crippen LogP contribution in [0.5, 0.6) is 5.75 Å². The summed E-state index contributed by atoms with van der Waals surface area (Å²) in [5.74, 6) is 0.599. The summed E-state index contributed by atoms with van der Waals surface area (Å²) in [7, 11) is 0. The Hall–Kier alpha value is -2.57. The molecule has 0 amide bonds. The van der Waals surface area contributed by atoms with Gasteiger partial charge in [-0.1, -0.05) is 12.1 Å². The average Bonchev–Trinajstić information content (AvgIpc) is 2.66. The molecule has 148 valence electrons. The van der Waals surface area contributed by atoms with Crippen molar-refractivity contribution >= 4 is 17.9 Å². The molecule has 0 radical (unpaired) electrons. The average molecular weight is 375 g/mol. The van der Waals surface area contributed by atoms with Gasteiger partial charge in [-0.05, 0) is 62.6 Å². The smallest absolute Gasteiger partial charge is 0.314 e. The zero-order valence-electron chi connectivity index (χ0n) is 15.9. The largest absolute Gasteiger partial charge is 0.466 e. The van der Waals surface area contributed by atoms with E-state index in [0.717, 1.165) is 31.2 Å². The van der Waals surface area contributed by atoms with Gasteiger partial charge < -0.3 is 20.9 Å². The fourth-order valence-corrected chi connectivity index (χ4v) is 3.22. The Bertz CT molecular complexity index is 646. The van der Waals surface area contributed by atoms with Crippen molar-refractivity contribution in [1.29, 1.82) is 0 Å². The number of aryl methyl sites for hydroxylation is 1. The monoisotopic (exact) mass is 375 g/mol. The molecule has 1 aromatic rings. The van der Waals surface area contributed by atoms with Crippen LogP contribution in [0.15, 0.2) is 29.3 Å². The zero-order chi connectivity index (χ0) is 19.6. The van der Waals surface area contributed by atoms with Crippen LogP contribution in [0.2, 0.25) is 0 Å². The number of rotatable bonds is 8. The maximum Gasteiger partial charge on any atom is 0.314 e. The second-order valence-electron chi connectivity index (χ2n) is 6.85. The first-order valence-electron chi connectivity index (χ1n) is 9.49. The highest BCUT2D eigenvalue weighted by Gasteiger charge is 2.27. The van der Waals surface area contributed by atoms with Gasteiger partial charge in [-0.25, -0.2) is 0 Å². The molecule has 0 aromatic heterocycles. The summed E-state index contributed by atoms with van der Waals surface area (Å²) < 4.78 is 10.4. The Labute approximate surface area is 160 Å². The Balaban J connectivity index is 1.76. The van der Waals surface area contributed by atoms with Gasteiger partial charge in [0.25, 0.3) is 0 Å². The number of carbonyl (C=O) groups excluding carboxylic acids is 2. The number of carbonyl (C=O) groups is 2. The molecule has 1 aromatic carbocycles. The molecule has 7 nitrogen and oxygen atoms in total. The third kappa shape index (κ3) is 7.29. The van der Waals surface area contributed by atoms with Gasteiger partial charge in [0.05, 0.1) is 12.5 Å². The molecule has 0 spiro atoms. The lowest BCUT2D eigenvalue weighted by molar-refractivity contribution is -0.143. The maximum absolute atomic E-state index is 12.4. The standard InChI is InChI=1S/C20H29N3O4/c1-2-26-18(24)12-7-14-5-10-17(11-6-14)27-19(25)16-8-3-15(4-9-16)13-23-20(21)22/h5-6,10-11,15-16H,2-4,7-9,12-13H2,1H3,(H4,21,22,23). The van der Waals surface area contributed by atoms with E-state index < -0.39 is 0 Å². The third-order valence-electron chi connectivity index (χ3n) is 4.78. The van der Waals surface area contributed by atoms with Gasteiger partial charge in [-0.3, -0.25) is 14.6 Å². The summed E-state index contributed by atoms with van der Waals surface area (Å²) in [5, 5.41) is 0. The van der Waals surface area contributed by atoms with Crippen LogP contribution in [0.3, 0.4) is 0 Å². The topological polar surface area (TPSA) is 117 Å². The molecule has 0 atom stereocenters. The number of nitrogens with two attached hydrogens (primary N) is 2. The minimum Gasteiger partial charge on any atom is -0.466 e. The lowest BCUT2D eigenvalue weighted by atomic mass is 9.82. The van der Waals surface area contributed by atoms with E-state index in [4.69, 9.17) is 20.9 Å². The summed E-state index contributed by atoms with van der Waals surface area (Å²) in [6, 6.07) is 7.27. The maximum atomic E-state index is 12.4. The zero-order valence-corrected chi connectivity index (χ0v) is 15.9. The molecular weight excluding hydrogens is 346 g/mol. The molecule has 27 heavy (non-hydrogen) atoms. The number of hydrogen-bond donors (Lipinski definition) is 2. The molecule has 0 bridgehead atoms. The van der Waals surface area contributed by atoms with Crippen LogP contribution in [0.1, 0.15) is 44.6 Å². The van der Waals surface area contributed by atoms with Crippen molar-refractivity contribution in [2.75, 3.05) is 13.2 Å². The number of nitrogens with zero attached hydrogens (tertiary/aromatic N) is 1. The predicted molar refractivity (Wildman–Crippen MR) is 103 cm³/mol. The van der Waals surface area contributed by atoms with Crippen molar-refractivity contribution in [1.82, 2.24) is 0 Å². The summed E-state index contributed by atoms with van der Waals surface area (Å²) >= 11 is 0. The van der Waals surface area contributed by atoms with E-state index in [1.165, 1.54) is 0 Å². The van der Waals surface area contributed by atoms with Crippen LogP contribution in [-0.4, -0.2) is 31.0 Å². The van der Waals surface area contributed by atoms with Crippen molar-refractivity contribution in [3.63, 3.8) is 0 Å². The van der Waals surface area contributed by atoms with E-state index in [1.54, 1.807) is 19.1 Å². The van der Waals surface area contributed by atoms with Gasteiger partial charge in [-0.15, -0.1) is 0 Å². The van der Waals surface area contributed by atoms with E-state index in [9.17, 15) is 9.59 Å². The molecule has 0 aliphatic heterocycles. The highest BCUT2D eigenvalue weighted by atomic mass is 16.5. The van der Waals surface area contributed by atoms with E-state index in [2.05, 4.69) is 4.99 Å². The molecule has 7 heteroatoms. The Morgan fingerprint density at radius 2 is 1.78 bits per heavy atom. The normalized spacial score (nSPS) is 19.1. The molecule has 0 unspecified atom stereocenters. The molecule has 2 rings (SSSR count). The number of ether oxygens (including phenoxy) is 2. The number of esters is 2. The first-order chi connectivity index (χ1) is 13.0. The summed E-state index contributed by atoms with van der Waals surface area (Å²) in [5.41, 5.74) is 11.7. The molecular formula is C20H29N3O4. The van der Waals surface area contributed by atoms with Crippen molar-refractivity contribution in [2.45, 2.75) is 45.4 Å². The van der Waals surface area contributed by atoms with Crippen molar-refractivity contribution in [3.05, 3.63) is 29.8 Å². The lowest BCUT2D eigenvalue weighted by Gasteiger charge is -2.26. The van der Waals surface area contributed by atoms with Crippen molar-refractivity contribution < 1.29 is 19.1 Å². The number of aliphatic imine (C=N–C) groups is 1. The quantitative estimate of drug-likeness (QED) is 0.311. The Kier molecular flexibility index (Phi) is 8.10. The van der Waals surface area contributed by atoms with Crippen molar-refractivity contribution in [3.8, 4) is 5.75 Å². The van der Waals surface area contributed by atoms with E-state index in [-0.39, 0.29) is 23.8 Å². The van der Waals surface area contributed by atoms with E-state index in [0.29, 0.717) is 37.7 Å². The number of hydrogen-bond acceptors (Lipinski definition) is 5. The molecule has 4 N–H and O–H groups in total. The second kappa shape index (κ2) is 10.5. The Morgan fingerprint density at radius 3 is 2.37 bits per heavy atom. The fraction of sp³-hybridized carbons (Fsp3) is 0.550. The van der Waals surface area contributed by atoms with Gasteiger partial charge in [0.15, 0.2) is 5.96 Å². The van der Waals surface area contributed by atoms with Crippen LogP contribution in [0, 0.1) is 11.8 Å². The van der Waals surface area contributed by atoms with Gasteiger partial charge in [0.1, 0.15) is 5.75 Å². The van der Waals surface area contributed by atoms with E-state index >= 15 is 0 Å². The van der Waals surface area contributed by atoms with Crippen molar-refractivity contribution in [2.24, 2.45) is 28.3 Å². The lowest BCUT2D eigenvalue weighted by Crippen LogP contribution is -2.28. The van der Waals surface area contributed by atoms with Crippen LogP contribution < -0.4 is 16.2 Å². The van der Waals surface area contributed by atoms with Crippen LogP contribution in [0.25, 0.3) is 0 Å². The van der Waals surface area contributed by atoms with E-state index in [1.807, 2.05) is 12.1 Å². The molecule has 1 aliphatic carbocycles. The fourth-order valence-electron chi connectivity index (χ4n) is 3.22. The SMILES string of the molecule is CCOC(=O)CCc1ccc(OC(=O)C2CCC(CN=C(N)N)CC2)cc1.